The number of nitrogens with zero attached hydrogens (tertiary/aromatic N) is 3. The first kappa shape index (κ1) is 16.7. The normalized spacial score (nSPS) is 19.3. The number of nitrogens with one attached hydrogen (secondary N) is 1. The molecule has 0 aromatic carbocycles. The Morgan fingerprint density at radius 1 is 1.43 bits per heavy atom. The third kappa shape index (κ3) is 4.41. The fourth-order valence-electron chi connectivity index (χ4n) is 2.95. The van der Waals surface area contributed by atoms with Gasteiger partial charge in [-0.25, -0.2) is 4.98 Å². The number of aromatic nitrogens is 1. The molecule has 1 unspecified atom stereocenters. The van der Waals surface area contributed by atoms with E-state index in [1.807, 2.05) is 11.3 Å². The van der Waals surface area contributed by atoms with E-state index in [0.717, 1.165) is 32.5 Å². The minimum absolute atomic E-state index is 0.686. The van der Waals surface area contributed by atoms with Crippen molar-refractivity contribution in [2.75, 3.05) is 38.6 Å². The van der Waals surface area contributed by atoms with Crippen LogP contribution in [0.5, 0.6) is 0 Å². The molecule has 0 saturated carbocycles. The standard InChI is InChI=1S/C16H30N4S/c1-5-8-14-15(11-17-6-2)21-16(18-14)20(4)12-13-9-7-10-19(13)3/h13,17H,5-12H2,1-4H3. The lowest BCUT2D eigenvalue weighted by atomic mass is 10.2. The average Bonchev–Trinajstić information content (AvgIpc) is 3.04. The van der Waals surface area contributed by atoms with E-state index in [9.17, 15) is 0 Å². The maximum absolute atomic E-state index is 4.91. The highest BCUT2D eigenvalue weighted by molar-refractivity contribution is 7.15. The molecule has 2 rings (SSSR count). The van der Waals surface area contributed by atoms with E-state index in [0.29, 0.717) is 6.04 Å². The minimum Gasteiger partial charge on any atom is -0.350 e. The first-order valence-electron chi connectivity index (χ1n) is 8.26. The molecule has 0 bridgehead atoms. The molecular weight excluding hydrogens is 280 g/mol. The molecule has 1 atom stereocenters. The maximum atomic E-state index is 4.91. The molecule has 0 radical (unpaired) electrons. The van der Waals surface area contributed by atoms with Gasteiger partial charge < -0.3 is 15.1 Å². The number of aryl methyl sites for hydroxylation is 1. The molecule has 1 aliphatic heterocycles. The SMILES string of the molecule is CCCc1nc(N(C)CC2CCCN2C)sc1CNCC. The van der Waals surface area contributed by atoms with Crippen LogP contribution in [-0.2, 0) is 13.0 Å². The number of likely N-dealkylation sites (tertiary alicyclic amines) is 1. The van der Waals surface area contributed by atoms with Crippen molar-refractivity contribution in [3.05, 3.63) is 10.6 Å². The maximum Gasteiger partial charge on any atom is 0.185 e. The van der Waals surface area contributed by atoms with Gasteiger partial charge in [0.2, 0.25) is 0 Å². The predicted octanol–water partition coefficient (Wildman–Crippen LogP) is 2.74. The Labute approximate surface area is 133 Å². The highest BCUT2D eigenvalue weighted by Gasteiger charge is 2.23. The van der Waals surface area contributed by atoms with E-state index >= 15 is 0 Å². The van der Waals surface area contributed by atoms with Crippen molar-refractivity contribution in [3.63, 3.8) is 0 Å². The zero-order chi connectivity index (χ0) is 15.2. The van der Waals surface area contributed by atoms with Crippen LogP contribution in [0, 0.1) is 0 Å². The Bertz CT molecular complexity index is 432. The van der Waals surface area contributed by atoms with E-state index in [1.54, 1.807) is 0 Å². The molecule has 0 amide bonds. The molecule has 1 fully saturated rings. The fourth-order valence-corrected chi connectivity index (χ4v) is 3.99. The molecule has 1 aromatic heterocycles. The Morgan fingerprint density at radius 2 is 2.24 bits per heavy atom. The number of hydrogen-bond donors (Lipinski definition) is 1. The van der Waals surface area contributed by atoms with Gasteiger partial charge in [0.1, 0.15) is 0 Å². The molecule has 120 valence electrons. The van der Waals surface area contributed by atoms with Gasteiger partial charge in [0.25, 0.3) is 0 Å². The predicted molar refractivity (Wildman–Crippen MR) is 92.4 cm³/mol. The highest BCUT2D eigenvalue weighted by Crippen LogP contribution is 2.28. The van der Waals surface area contributed by atoms with Crippen molar-refractivity contribution >= 4 is 16.5 Å². The van der Waals surface area contributed by atoms with E-state index in [1.165, 1.54) is 35.1 Å². The van der Waals surface area contributed by atoms with E-state index < -0.39 is 0 Å². The Morgan fingerprint density at radius 3 is 2.86 bits per heavy atom. The molecule has 5 heteroatoms. The quantitative estimate of drug-likeness (QED) is 0.800. The Balaban J connectivity index is 2.03. The van der Waals surface area contributed by atoms with Crippen LogP contribution in [0.4, 0.5) is 5.13 Å². The van der Waals surface area contributed by atoms with Gasteiger partial charge in [-0.2, -0.15) is 0 Å². The summed E-state index contributed by atoms with van der Waals surface area (Å²) in [5.74, 6) is 0. The van der Waals surface area contributed by atoms with Crippen LogP contribution >= 0.6 is 11.3 Å². The molecule has 1 saturated heterocycles. The van der Waals surface area contributed by atoms with Crippen LogP contribution in [-0.4, -0.2) is 49.7 Å². The zero-order valence-corrected chi connectivity index (χ0v) is 14.8. The van der Waals surface area contributed by atoms with Crippen LogP contribution in [0.1, 0.15) is 43.7 Å². The van der Waals surface area contributed by atoms with Gasteiger partial charge in [0, 0.05) is 31.1 Å². The second-order valence-corrected chi connectivity index (χ2v) is 7.12. The van der Waals surface area contributed by atoms with Crippen LogP contribution in [0.2, 0.25) is 0 Å². The van der Waals surface area contributed by atoms with Crippen molar-refractivity contribution in [2.45, 2.75) is 52.1 Å². The summed E-state index contributed by atoms with van der Waals surface area (Å²) in [5, 5.41) is 4.63. The number of thiazole rings is 1. The second-order valence-electron chi connectivity index (χ2n) is 6.05. The smallest absolute Gasteiger partial charge is 0.185 e. The van der Waals surface area contributed by atoms with Crippen molar-refractivity contribution in [1.29, 1.82) is 0 Å². The molecule has 1 N–H and O–H groups in total. The summed E-state index contributed by atoms with van der Waals surface area (Å²) in [6, 6.07) is 0.686. The third-order valence-electron chi connectivity index (χ3n) is 4.27. The van der Waals surface area contributed by atoms with Gasteiger partial charge in [-0.05, 0) is 39.4 Å². The number of hydrogen-bond acceptors (Lipinski definition) is 5. The van der Waals surface area contributed by atoms with Gasteiger partial charge in [-0.3, -0.25) is 0 Å². The van der Waals surface area contributed by atoms with Gasteiger partial charge >= 0.3 is 0 Å². The van der Waals surface area contributed by atoms with Crippen LogP contribution in [0.3, 0.4) is 0 Å². The number of rotatable bonds is 8. The van der Waals surface area contributed by atoms with Crippen LogP contribution < -0.4 is 10.2 Å². The second kappa shape index (κ2) is 8.11. The zero-order valence-electron chi connectivity index (χ0n) is 14.0. The first-order valence-corrected chi connectivity index (χ1v) is 9.08. The summed E-state index contributed by atoms with van der Waals surface area (Å²) in [6.45, 7) is 8.69. The van der Waals surface area contributed by atoms with E-state index in [4.69, 9.17) is 4.98 Å². The number of likely N-dealkylation sites (N-methyl/N-ethyl adjacent to an activating group) is 2. The summed E-state index contributed by atoms with van der Waals surface area (Å²) < 4.78 is 0. The average molecular weight is 311 g/mol. The monoisotopic (exact) mass is 310 g/mol. The lowest BCUT2D eigenvalue weighted by Gasteiger charge is -2.25. The molecule has 21 heavy (non-hydrogen) atoms. The van der Waals surface area contributed by atoms with Crippen LogP contribution in [0.15, 0.2) is 0 Å². The summed E-state index contributed by atoms with van der Waals surface area (Å²) >= 11 is 1.87. The summed E-state index contributed by atoms with van der Waals surface area (Å²) in [6.07, 6.45) is 4.91. The Kier molecular flexibility index (Phi) is 6.45. The van der Waals surface area contributed by atoms with Crippen molar-refractivity contribution in [1.82, 2.24) is 15.2 Å². The van der Waals surface area contributed by atoms with E-state index in [2.05, 4.69) is 43.1 Å². The fraction of sp³-hybridized carbons (Fsp3) is 0.812. The minimum atomic E-state index is 0.686. The molecule has 4 nitrogen and oxygen atoms in total. The van der Waals surface area contributed by atoms with Gasteiger partial charge in [0.05, 0.1) is 5.69 Å². The molecule has 1 aliphatic rings. The first-order chi connectivity index (χ1) is 10.2. The summed E-state index contributed by atoms with van der Waals surface area (Å²) in [7, 11) is 4.43. The lowest BCUT2D eigenvalue weighted by molar-refractivity contribution is 0.314. The number of anilines is 1. The topological polar surface area (TPSA) is 31.4 Å². The van der Waals surface area contributed by atoms with Crippen molar-refractivity contribution in [3.8, 4) is 0 Å². The van der Waals surface area contributed by atoms with E-state index in [-0.39, 0.29) is 0 Å². The van der Waals surface area contributed by atoms with Gasteiger partial charge in [-0.15, -0.1) is 11.3 Å². The van der Waals surface area contributed by atoms with Gasteiger partial charge in [-0.1, -0.05) is 20.3 Å². The molecule has 2 heterocycles. The largest absolute Gasteiger partial charge is 0.350 e. The van der Waals surface area contributed by atoms with Gasteiger partial charge in [0.15, 0.2) is 5.13 Å². The highest BCUT2D eigenvalue weighted by atomic mass is 32.1. The van der Waals surface area contributed by atoms with Crippen molar-refractivity contribution < 1.29 is 0 Å². The molecule has 0 aliphatic carbocycles. The van der Waals surface area contributed by atoms with Crippen molar-refractivity contribution in [2.24, 2.45) is 0 Å². The molecular formula is C16H30N4S. The lowest BCUT2D eigenvalue weighted by Crippen LogP contribution is -2.36. The summed E-state index contributed by atoms with van der Waals surface area (Å²) in [5.41, 5.74) is 1.30. The molecule has 0 spiro atoms. The Hall–Kier alpha value is -0.650. The third-order valence-corrected chi connectivity index (χ3v) is 5.48. The summed E-state index contributed by atoms with van der Waals surface area (Å²) in [4.78, 5) is 11.2. The van der Waals surface area contributed by atoms with Crippen LogP contribution in [0.25, 0.3) is 0 Å². The molecule has 1 aromatic rings.